The molecule has 1 N–H and O–H groups in total. The molecule has 0 spiro atoms. The van der Waals surface area contributed by atoms with E-state index in [-0.39, 0.29) is 37.1 Å². The van der Waals surface area contributed by atoms with E-state index in [1.165, 1.54) is 0 Å². The maximum absolute atomic E-state index is 12.3. The molecule has 0 unspecified atom stereocenters. The lowest BCUT2D eigenvalue weighted by Gasteiger charge is -2.06. The SMILES string of the molecule is C[C@@H]1C(=O)Nc2ccc(C(=O)COC(=O)CCc3nc(-c4ccccc4)no3)cc21. The Morgan fingerprint density at radius 1 is 1.17 bits per heavy atom. The Morgan fingerprint density at radius 2 is 1.97 bits per heavy atom. The Labute approximate surface area is 172 Å². The summed E-state index contributed by atoms with van der Waals surface area (Å²) in [5.74, 6) is -0.506. The van der Waals surface area contributed by atoms with Crippen molar-refractivity contribution in [2.24, 2.45) is 0 Å². The van der Waals surface area contributed by atoms with Crippen molar-refractivity contribution < 1.29 is 23.6 Å². The predicted molar refractivity (Wildman–Crippen MR) is 107 cm³/mol. The number of nitrogens with one attached hydrogen (secondary N) is 1. The summed E-state index contributed by atoms with van der Waals surface area (Å²) in [7, 11) is 0. The van der Waals surface area contributed by atoms with Crippen molar-refractivity contribution in [2.75, 3.05) is 11.9 Å². The van der Waals surface area contributed by atoms with Crippen LogP contribution in [0.3, 0.4) is 0 Å². The topological polar surface area (TPSA) is 111 Å². The maximum atomic E-state index is 12.3. The molecule has 8 heteroatoms. The van der Waals surface area contributed by atoms with E-state index < -0.39 is 5.97 Å². The van der Waals surface area contributed by atoms with Gasteiger partial charge in [0.2, 0.25) is 17.6 Å². The fourth-order valence-electron chi connectivity index (χ4n) is 3.16. The fourth-order valence-corrected chi connectivity index (χ4v) is 3.16. The Hall–Kier alpha value is -3.81. The number of esters is 1. The summed E-state index contributed by atoms with van der Waals surface area (Å²) in [4.78, 5) is 40.3. The van der Waals surface area contributed by atoms with Crippen molar-refractivity contribution in [1.29, 1.82) is 0 Å². The van der Waals surface area contributed by atoms with E-state index in [9.17, 15) is 14.4 Å². The zero-order valence-corrected chi connectivity index (χ0v) is 16.3. The highest BCUT2D eigenvalue weighted by Crippen LogP contribution is 2.32. The first-order valence-electron chi connectivity index (χ1n) is 9.53. The van der Waals surface area contributed by atoms with Gasteiger partial charge in [0.1, 0.15) is 0 Å². The van der Waals surface area contributed by atoms with Gasteiger partial charge in [0, 0.05) is 23.2 Å². The number of ether oxygens (including phenoxy) is 1. The van der Waals surface area contributed by atoms with Crippen molar-refractivity contribution in [3.8, 4) is 11.4 Å². The van der Waals surface area contributed by atoms with Crippen molar-refractivity contribution in [1.82, 2.24) is 10.1 Å². The second kappa shape index (κ2) is 8.28. The fraction of sp³-hybridized carbons (Fsp3) is 0.227. The Morgan fingerprint density at radius 3 is 2.77 bits per heavy atom. The molecule has 0 aliphatic carbocycles. The van der Waals surface area contributed by atoms with Crippen LogP contribution in [0.15, 0.2) is 53.1 Å². The number of amides is 1. The number of carbonyl (C=O) groups is 3. The summed E-state index contributed by atoms with van der Waals surface area (Å²) in [5, 5.41) is 6.65. The van der Waals surface area contributed by atoms with Crippen molar-refractivity contribution in [3.63, 3.8) is 0 Å². The molecule has 8 nitrogen and oxygen atoms in total. The van der Waals surface area contributed by atoms with Crippen LogP contribution in [0.2, 0.25) is 0 Å². The zero-order chi connectivity index (χ0) is 21.1. The van der Waals surface area contributed by atoms with Crippen LogP contribution in [0.5, 0.6) is 0 Å². The van der Waals surface area contributed by atoms with Gasteiger partial charge < -0.3 is 14.6 Å². The van der Waals surface area contributed by atoms with Gasteiger partial charge in [-0.25, -0.2) is 0 Å². The summed E-state index contributed by atoms with van der Waals surface area (Å²) >= 11 is 0. The zero-order valence-electron chi connectivity index (χ0n) is 16.3. The lowest BCUT2D eigenvalue weighted by atomic mass is 9.99. The number of anilines is 1. The summed E-state index contributed by atoms with van der Waals surface area (Å²) in [5.41, 5.74) is 2.69. The first kappa shape index (κ1) is 19.5. The number of aryl methyl sites for hydroxylation is 1. The van der Waals surface area contributed by atoms with E-state index >= 15 is 0 Å². The van der Waals surface area contributed by atoms with Crippen LogP contribution in [0.4, 0.5) is 5.69 Å². The number of hydrogen-bond acceptors (Lipinski definition) is 7. The highest BCUT2D eigenvalue weighted by Gasteiger charge is 2.27. The highest BCUT2D eigenvalue weighted by atomic mass is 16.5. The molecular weight excluding hydrogens is 386 g/mol. The summed E-state index contributed by atoms with van der Waals surface area (Å²) in [6.45, 7) is 1.41. The third kappa shape index (κ3) is 4.12. The van der Waals surface area contributed by atoms with Gasteiger partial charge in [0.05, 0.1) is 12.3 Å². The van der Waals surface area contributed by atoms with E-state index in [1.807, 2.05) is 30.3 Å². The van der Waals surface area contributed by atoms with E-state index in [0.717, 1.165) is 11.1 Å². The number of Topliss-reactive ketones (excluding diaryl/α,β-unsaturated/α-hetero) is 1. The summed E-state index contributed by atoms with van der Waals surface area (Å²) < 4.78 is 10.2. The minimum absolute atomic E-state index is 0.0172. The Bertz CT molecular complexity index is 1110. The second-order valence-corrected chi connectivity index (χ2v) is 6.97. The average molecular weight is 405 g/mol. The number of carbonyl (C=O) groups excluding carboxylic acids is 3. The van der Waals surface area contributed by atoms with Crippen LogP contribution in [-0.4, -0.2) is 34.4 Å². The first-order chi connectivity index (χ1) is 14.5. The number of ketones is 1. The van der Waals surface area contributed by atoms with Crippen LogP contribution >= 0.6 is 0 Å². The van der Waals surface area contributed by atoms with Gasteiger partial charge in [0.15, 0.2) is 12.4 Å². The summed E-state index contributed by atoms with van der Waals surface area (Å²) in [6, 6.07) is 14.3. The van der Waals surface area contributed by atoms with Gasteiger partial charge >= 0.3 is 5.97 Å². The first-order valence-corrected chi connectivity index (χ1v) is 9.53. The third-order valence-electron chi connectivity index (χ3n) is 4.90. The third-order valence-corrected chi connectivity index (χ3v) is 4.90. The number of rotatable bonds is 7. The van der Waals surface area contributed by atoms with E-state index in [1.54, 1.807) is 25.1 Å². The standard InChI is InChI=1S/C22H19N3O5/c1-13-16-11-15(7-8-17(16)23-22(13)28)18(26)12-29-20(27)10-9-19-24-21(25-30-19)14-5-3-2-4-6-14/h2-8,11,13H,9-10,12H2,1H3,(H,23,28)/t13-/m0/s1. The molecule has 30 heavy (non-hydrogen) atoms. The molecular formula is C22H19N3O5. The number of hydrogen-bond donors (Lipinski definition) is 1. The second-order valence-electron chi connectivity index (χ2n) is 6.97. The molecule has 0 fully saturated rings. The monoisotopic (exact) mass is 405 g/mol. The average Bonchev–Trinajstić information content (AvgIpc) is 3.35. The Kier molecular flexibility index (Phi) is 5.38. The van der Waals surface area contributed by atoms with Gasteiger partial charge in [-0.1, -0.05) is 35.5 Å². The minimum Gasteiger partial charge on any atom is -0.457 e. The molecule has 2 heterocycles. The van der Waals surface area contributed by atoms with Crippen LogP contribution < -0.4 is 5.32 Å². The molecule has 1 aliphatic heterocycles. The maximum Gasteiger partial charge on any atom is 0.306 e. The minimum atomic E-state index is -0.533. The number of benzene rings is 2. The van der Waals surface area contributed by atoms with Crippen molar-refractivity contribution >= 4 is 23.3 Å². The quantitative estimate of drug-likeness (QED) is 0.475. The number of fused-ring (bicyclic) bond motifs is 1. The van der Waals surface area contributed by atoms with Gasteiger partial charge in [0.25, 0.3) is 0 Å². The largest absolute Gasteiger partial charge is 0.457 e. The molecule has 0 radical (unpaired) electrons. The van der Waals surface area contributed by atoms with Crippen molar-refractivity contribution in [2.45, 2.75) is 25.7 Å². The smallest absolute Gasteiger partial charge is 0.306 e. The molecule has 152 valence electrons. The molecule has 1 amide bonds. The van der Waals surface area contributed by atoms with Gasteiger partial charge in [-0.05, 0) is 30.7 Å². The van der Waals surface area contributed by atoms with E-state index in [2.05, 4.69) is 15.5 Å². The molecule has 4 rings (SSSR count). The molecule has 3 aromatic rings. The Balaban J connectivity index is 1.28. The molecule has 1 atom stereocenters. The normalized spacial score (nSPS) is 14.8. The van der Waals surface area contributed by atoms with Gasteiger partial charge in [-0.15, -0.1) is 0 Å². The lowest BCUT2D eigenvalue weighted by Crippen LogP contribution is -2.15. The molecule has 0 saturated carbocycles. The highest BCUT2D eigenvalue weighted by molar-refractivity contribution is 6.05. The number of aromatic nitrogens is 2. The van der Waals surface area contributed by atoms with E-state index in [0.29, 0.717) is 23.0 Å². The molecule has 2 aromatic carbocycles. The number of nitrogens with zero attached hydrogens (tertiary/aromatic N) is 2. The summed E-state index contributed by atoms with van der Waals surface area (Å²) in [6.07, 6.45) is 0.236. The van der Waals surface area contributed by atoms with E-state index in [4.69, 9.17) is 9.26 Å². The van der Waals surface area contributed by atoms with Gasteiger partial charge in [-0.3, -0.25) is 14.4 Å². The molecule has 0 saturated heterocycles. The molecule has 1 aromatic heterocycles. The molecule has 0 bridgehead atoms. The van der Waals surface area contributed by atoms with Gasteiger partial charge in [-0.2, -0.15) is 4.98 Å². The molecule has 1 aliphatic rings. The lowest BCUT2D eigenvalue weighted by molar-refractivity contribution is -0.142. The van der Waals surface area contributed by atoms with Crippen molar-refractivity contribution in [3.05, 3.63) is 65.5 Å². The van der Waals surface area contributed by atoms with Crippen LogP contribution in [0, 0.1) is 0 Å². The predicted octanol–water partition coefficient (Wildman–Crippen LogP) is 3.15. The van der Waals surface area contributed by atoms with Crippen LogP contribution in [0.1, 0.15) is 41.1 Å². The van der Waals surface area contributed by atoms with Crippen LogP contribution in [0.25, 0.3) is 11.4 Å². The van der Waals surface area contributed by atoms with Crippen LogP contribution in [-0.2, 0) is 20.7 Å².